The van der Waals surface area contributed by atoms with Crippen LogP contribution in [0.25, 0.3) is 0 Å². The maximum Gasteiger partial charge on any atom is 0.307 e. The van der Waals surface area contributed by atoms with Crippen LogP contribution in [0.15, 0.2) is 46.9 Å². The zero-order chi connectivity index (χ0) is 13.8. The molecule has 2 aromatic carbocycles. The van der Waals surface area contributed by atoms with E-state index >= 15 is 0 Å². The number of carbonyl (C=O) groups is 1. The van der Waals surface area contributed by atoms with Gasteiger partial charge in [-0.3, -0.25) is 4.79 Å². The summed E-state index contributed by atoms with van der Waals surface area (Å²) in [6.07, 6.45) is -0.232. The van der Waals surface area contributed by atoms with Gasteiger partial charge in [-0.05, 0) is 51.8 Å². The second-order valence-electron chi connectivity index (χ2n) is 3.98. The van der Waals surface area contributed by atoms with Gasteiger partial charge in [-0.15, -0.1) is 0 Å². The zero-order valence-electron chi connectivity index (χ0n) is 9.86. The van der Waals surface area contributed by atoms with Crippen LogP contribution in [-0.4, -0.2) is 11.1 Å². The molecule has 3 nitrogen and oxygen atoms in total. The fourth-order valence-electron chi connectivity index (χ4n) is 1.70. The van der Waals surface area contributed by atoms with E-state index in [9.17, 15) is 9.18 Å². The molecule has 19 heavy (non-hydrogen) atoms. The lowest BCUT2D eigenvalue weighted by Gasteiger charge is -2.12. The maximum absolute atomic E-state index is 13.2. The molecule has 0 amide bonds. The highest BCUT2D eigenvalue weighted by Gasteiger charge is 2.09. The van der Waals surface area contributed by atoms with Crippen LogP contribution in [0.2, 0.25) is 0 Å². The van der Waals surface area contributed by atoms with Crippen LogP contribution in [0.1, 0.15) is 5.56 Å². The van der Waals surface area contributed by atoms with Gasteiger partial charge < -0.3 is 10.4 Å². The van der Waals surface area contributed by atoms with Crippen molar-refractivity contribution < 1.29 is 14.3 Å². The van der Waals surface area contributed by atoms with Crippen molar-refractivity contribution in [2.45, 2.75) is 6.42 Å². The van der Waals surface area contributed by atoms with Crippen LogP contribution in [0.3, 0.4) is 0 Å². The van der Waals surface area contributed by atoms with Gasteiger partial charge in [0.1, 0.15) is 5.82 Å². The predicted molar refractivity (Wildman–Crippen MR) is 75.2 cm³/mol. The molecule has 5 heteroatoms. The van der Waals surface area contributed by atoms with Crippen LogP contribution in [0.4, 0.5) is 15.8 Å². The van der Waals surface area contributed by atoms with Gasteiger partial charge in [0, 0.05) is 10.2 Å². The molecular weight excluding hydrogens is 313 g/mol. The summed E-state index contributed by atoms with van der Waals surface area (Å²) in [5.41, 5.74) is 1.78. The Morgan fingerprint density at radius 1 is 1.21 bits per heavy atom. The second-order valence-corrected chi connectivity index (χ2v) is 4.83. The number of para-hydroxylation sites is 1. The molecule has 0 aliphatic heterocycles. The maximum atomic E-state index is 13.2. The minimum absolute atomic E-state index is 0.232. The van der Waals surface area contributed by atoms with E-state index in [1.54, 1.807) is 0 Å². The van der Waals surface area contributed by atoms with Crippen molar-refractivity contribution in [3.05, 3.63) is 58.3 Å². The van der Waals surface area contributed by atoms with Crippen molar-refractivity contribution in [1.29, 1.82) is 0 Å². The first-order chi connectivity index (χ1) is 9.06. The monoisotopic (exact) mass is 323 g/mol. The normalized spacial score (nSPS) is 10.2. The van der Waals surface area contributed by atoms with Gasteiger partial charge in [0.2, 0.25) is 0 Å². The first-order valence-corrected chi connectivity index (χ1v) is 6.37. The van der Waals surface area contributed by atoms with Gasteiger partial charge in [0.25, 0.3) is 0 Å². The summed E-state index contributed by atoms with van der Waals surface area (Å²) in [4.78, 5) is 10.8. The topological polar surface area (TPSA) is 49.3 Å². The molecule has 0 unspecified atom stereocenters. The fourth-order valence-corrected chi connectivity index (χ4v) is 2.08. The Morgan fingerprint density at radius 2 is 1.95 bits per heavy atom. The third-order valence-electron chi connectivity index (χ3n) is 2.55. The smallest absolute Gasteiger partial charge is 0.307 e. The second kappa shape index (κ2) is 5.84. The Kier molecular flexibility index (Phi) is 4.16. The van der Waals surface area contributed by atoms with Crippen molar-refractivity contribution in [2.24, 2.45) is 0 Å². The SMILES string of the molecule is O=C(O)Cc1cc(F)ccc1Nc1ccccc1Br. The molecule has 2 aromatic rings. The third-order valence-corrected chi connectivity index (χ3v) is 3.24. The van der Waals surface area contributed by atoms with Crippen LogP contribution in [0, 0.1) is 5.82 Å². The quantitative estimate of drug-likeness (QED) is 0.895. The summed E-state index contributed by atoms with van der Waals surface area (Å²) >= 11 is 3.39. The van der Waals surface area contributed by atoms with Crippen molar-refractivity contribution in [2.75, 3.05) is 5.32 Å². The molecule has 2 rings (SSSR count). The molecule has 0 heterocycles. The number of carboxylic acid groups (broad SMARTS) is 1. The standard InChI is InChI=1S/C14H11BrFNO2/c15-11-3-1-2-4-13(11)17-12-6-5-10(16)7-9(12)8-14(18)19/h1-7,17H,8H2,(H,18,19). The summed E-state index contributed by atoms with van der Waals surface area (Å²) in [6.45, 7) is 0. The fraction of sp³-hybridized carbons (Fsp3) is 0.0714. The molecule has 0 fully saturated rings. The number of carboxylic acids is 1. The molecule has 98 valence electrons. The Bertz CT molecular complexity index is 616. The van der Waals surface area contributed by atoms with Gasteiger partial charge in [-0.2, -0.15) is 0 Å². The zero-order valence-corrected chi connectivity index (χ0v) is 11.4. The number of anilines is 2. The van der Waals surface area contributed by atoms with Crippen molar-refractivity contribution in [3.63, 3.8) is 0 Å². The van der Waals surface area contributed by atoms with Crippen LogP contribution in [-0.2, 0) is 11.2 Å². The number of nitrogens with one attached hydrogen (secondary N) is 1. The number of hydrogen-bond acceptors (Lipinski definition) is 2. The average molecular weight is 324 g/mol. The summed E-state index contributed by atoms with van der Waals surface area (Å²) < 4.78 is 14.0. The van der Waals surface area contributed by atoms with Crippen LogP contribution >= 0.6 is 15.9 Å². The van der Waals surface area contributed by atoms with Gasteiger partial charge >= 0.3 is 5.97 Å². The van der Waals surface area contributed by atoms with Crippen molar-refractivity contribution >= 4 is 33.3 Å². The highest BCUT2D eigenvalue weighted by atomic mass is 79.9. The van der Waals surface area contributed by atoms with E-state index in [-0.39, 0.29) is 6.42 Å². The first kappa shape index (κ1) is 13.5. The van der Waals surface area contributed by atoms with Gasteiger partial charge in [-0.1, -0.05) is 12.1 Å². The van der Waals surface area contributed by atoms with Crippen molar-refractivity contribution in [1.82, 2.24) is 0 Å². The number of hydrogen-bond donors (Lipinski definition) is 2. The number of benzene rings is 2. The summed E-state index contributed by atoms with van der Waals surface area (Å²) in [5, 5.41) is 11.9. The van der Waals surface area contributed by atoms with E-state index in [2.05, 4.69) is 21.2 Å². The largest absolute Gasteiger partial charge is 0.481 e. The lowest BCUT2D eigenvalue weighted by atomic mass is 10.1. The molecule has 0 atom stereocenters. The Morgan fingerprint density at radius 3 is 2.63 bits per heavy atom. The molecule has 0 radical (unpaired) electrons. The molecular formula is C14H11BrFNO2. The summed E-state index contributed by atoms with van der Waals surface area (Å²) in [5.74, 6) is -1.45. The van der Waals surface area contributed by atoms with E-state index in [4.69, 9.17) is 5.11 Å². The summed E-state index contributed by atoms with van der Waals surface area (Å²) in [7, 11) is 0. The highest BCUT2D eigenvalue weighted by molar-refractivity contribution is 9.10. The highest BCUT2D eigenvalue weighted by Crippen LogP contribution is 2.27. The summed E-state index contributed by atoms with van der Waals surface area (Å²) in [6, 6.07) is 11.5. The van der Waals surface area contributed by atoms with Crippen LogP contribution < -0.4 is 5.32 Å². The molecule has 0 bridgehead atoms. The average Bonchev–Trinajstić information content (AvgIpc) is 2.34. The number of aliphatic carboxylic acids is 1. The Balaban J connectivity index is 2.34. The molecule has 0 saturated heterocycles. The Hall–Kier alpha value is -1.88. The van der Waals surface area contributed by atoms with Crippen molar-refractivity contribution in [3.8, 4) is 0 Å². The van der Waals surface area contributed by atoms with E-state index < -0.39 is 11.8 Å². The first-order valence-electron chi connectivity index (χ1n) is 5.58. The molecule has 2 N–H and O–H groups in total. The Labute approximate surface area is 118 Å². The minimum Gasteiger partial charge on any atom is -0.481 e. The molecule has 0 spiro atoms. The van der Waals surface area contributed by atoms with Gasteiger partial charge in [0.05, 0.1) is 12.1 Å². The van der Waals surface area contributed by atoms with E-state index in [0.717, 1.165) is 10.2 Å². The predicted octanol–water partition coefficient (Wildman–Crippen LogP) is 3.96. The lowest BCUT2D eigenvalue weighted by Crippen LogP contribution is -2.04. The van der Waals surface area contributed by atoms with E-state index in [1.165, 1.54) is 18.2 Å². The number of rotatable bonds is 4. The molecule has 0 saturated carbocycles. The molecule has 0 aliphatic carbocycles. The third kappa shape index (κ3) is 3.54. The van der Waals surface area contributed by atoms with Crippen LogP contribution in [0.5, 0.6) is 0 Å². The lowest BCUT2D eigenvalue weighted by molar-refractivity contribution is -0.136. The van der Waals surface area contributed by atoms with E-state index in [0.29, 0.717) is 11.3 Å². The van der Waals surface area contributed by atoms with Gasteiger partial charge in [0.15, 0.2) is 0 Å². The van der Waals surface area contributed by atoms with E-state index in [1.807, 2.05) is 24.3 Å². The molecule has 0 aliphatic rings. The van der Waals surface area contributed by atoms with Gasteiger partial charge in [-0.25, -0.2) is 4.39 Å². The minimum atomic E-state index is -0.999. The number of halogens is 2. The molecule has 0 aromatic heterocycles.